The zero-order valence-electron chi connectivity index (χ0n) is 17.4. The lowest BCUT2D eigenvalue weighted by molar-refractivity contribution is -0.127. The molecule has 1 spiro atoms. The third-order valence-corrected chi connectivity index (χ3v) is 7.94. The van der Waals surface area contributed by atoms with Crippen LogP contribution in [0.1, 0.15) is 32.4 Å². The van der Waals surface area contributed by atoms with Crippen LogP contribution in [0, 0.1) is 15.4 Å². The Morgan fingerprint density at radius 3 is 2.12 bits per heavy atom. The van der Waals surface area contributed by atoms with Gasteiger partial charge in [-0.25, -0.2) is 4.90 Å². The minimum atomic E-state index is -2.09. The molecule has 6 nitrogen and oxygen atoms in total. The Hall–Kier alpha value is -2.88. The van der Waals surface area contributed by atoms with E-state index in [1.165, 1.54) is 0 Å². The van der Waals surface area contributed by atoms with Gasteiger partial charge in [-0.05, 0) is 52.4 Å². The van der Waals surface area contributed by atoms with Crippen molar-refractivity contribution in [3.05, 3.63) is 98.1 Å². The second-order valence-electron chi connectivity index (χ2n) is 8.50. The third kappa shape index (κ3) is 2.71. The topological polar surface area (TPSA) is 80.8 Å². The highest BCUT2D eigenvalue weighted by Crippen LogP contribution is 2.58. The molecular formula is C26H15ClINO5. The number of halogens is 2. The maximum Gasteiger partial charge on any atom is 0.241 e. The van der Waals surface area contributed by atoms with Crippen molar-refractivity contribution >= 4 is 63.3 Å². The molecule has 6 rings (SSSR count). The number of hydrogen-bond acceptors (Lipinski definition) is 5. The number of hydrogen-bond donors (Lipinski definition) is 0. The maximum atomic E-state index is 13.9. The van der Waals surface area contributed by atoms with Gasteiger partial charge in [0.15, 0.2) is 0 Å². The molecule has 0 N–H and O–H groups in total. The Morgan fingerprint density at radius 1 is 0.824 bits per heavy atom. The number of fused-ring (bicyclic) bond motifs is 3. The number of amides is 2. The Bertz CT molecular complexity index is 1400. The van der Waals surface area contributed by atoms with Crippen LogP contribution in [0.25, 0.3) is 0 Å². The van der Waals surface area contributed by atoms with Crippen molar-refractivity contribution in [1.29, 1.82) is 0 Å². The van der Waals surface area contributed by atoms with Gasteiger partial charge in [0.2, 0.25) is 29.0 Å². The van der Waals surface area contributed by atoms with E-state index in [2.05, 4.69) is 22.6 Å². The largest absolute Gasteiger partial charge is 0.349 e. The molecule has 3 aromatic carbocycles. The van der Waals surface area contributed by atoms with Crippen molar-refractivity contribution in [2.75, 3.05) is 4.90 Å². The fourth-order valence-corrected chi connectivity index (χ4v) is 6.20. The summed E-state index contributed by atoms with van der Waals surface area (Å²) in [5.74, 6) is -4.62. The predicted molar refractivity (Wildman–Crippen MR) is 132 cm³/mol. The molecule has 0 saturated carbocycles. The Labute approximate surface area is 213 Å². The van der Waals surface area contributed by atoms with Gasteiger partial charge in [0.05, 0.1) is 23.6 Å². The summed E-state index contributed by atoms with van der Waals surface area (Å²) in [5, 5.41) is 0.414. The van der Waals surface area contributed by atoms with E-state index in [1.54, 1.807) is 72.8 Å². The molecule has 2 aliphatic heterocycles. The fourth-order valence-electron chi connectivity index (χ4n) is 5.37. The number of nitrogens with zero attached hydrogens (tertiary/aromatic N) is 1. The Balaban J connectivity index is 1.57. The van der Waals surface area contributed by atoms with E-state index in [-0.39, 0.29) is 11.1 Å². The third-order valence-electron chi connectivity index (χ3n) is 6.79. The highest BCUT2D eigenvalue weighted by Gasteiger charge is 2.74. The monoisotopic (exact) mass is 583 g/mol. The van der Waals surface area contributed by atoms with Crippen LogP contribution in [0.3, 0.4) is 0 Å². The number of Topliss-reactive ketones (excluding diaryl/α,β-unsaturated/α-hetero) is 2. The number of rotatable bonds is 2. The minimum absolute atomic E-state index is 0.200. The number of ketones is 2. The number of anilines is 1. The van der Waals surface area contributed by atoms with Crippen LogP contribution < -0.4 is 4.90 Å². The lowest BCUT2D eigenvalue weighted by Crippen LogP contribution is -2.51. The van der Waals surface area contributed by atoms with E-state index >= 15 is 0 Å². The number of benzene rings is 3. The van der Waals surface area contributed by atoms with Gasteiger partial charge in [-0.2, -0.15) is 0 Å². The lowest BCUT2D eigenvalue weighted by Gasteiger charge is -2.27. The normalized spacial score (nSPS) is 24.8. The van der Waals surface area contributed by atoms with Crippen molar-refractivity contribution in [2.24, 2.45) is 11.8 Å². The van der Waals surface area contributed by atoms with Gasteiger partial charge in [-0.15, -0.1) is 0 Å². The molecule has 0 radical (unpaired) electrons. The summed E-state index contributed by atoms with van der Waals surface area (Å²) in [7, 11) is 0. The second-order valence-corrected chi connectivity index (χ2v) is 10.1. The molecule has 2 fully saturated rings. The van der Waals surface area contributed by atoms with Gasteiger partial charge in [-0.3, -0.25) is 19.2 Å². The van der Waals surface area contributed by atoms with Gasteiger partial charge in [0.1, 0.15) is 0 Å². The molecule has 3 aromatic rings. The maximum absolute atomic E-state index is 13.9. The zero-order chi connectivity index (χ0) is 23.8. The van der Waals surface area contributed by atoms with Crippen molar-refractivity contribution in [3.63, 3.8) is 0 Å². The summed E-state index contributed by atoms with van der Waals surface area (Å²) in [5.41, 5.74) is -0.746. The van der Waals surface area contributed by atoms with Crippen LogP contribution in [-0.4, -0.2) is 29.0 Å². The molecule has 34 heavy (non-hydrogen) atoms. The summed E-state index contributed by atoms with van der Waals surface area (Å²) in [6.07, 6.45) is -0.992. The van der Waals surface area contributed by atoms with Crippen molar-refractivity contribution in [3.8, 4) is 0 Å². The fraction of sp³-hybridized carbons (Fsp3) is 0.154. The molecule has 0 aromatic heterocycles. The SMILES string of the molecule is O=C1[C@@H]2[C@@H](c3cccc(Cl)c3)OC3(C(=O)c4ccccc4C3=O)[C@H]2C(=O)N1c1ccccc1I. The van der Waals surface area contributed by atoms with E-state index in [9.17, 15) is 19.2 Å². The summed E-state index contributed by atoms with van der Waals surface area (Å²) in [6, 6.07) is 20.1. The second kappa shape index (κ2) is 7.56. The van der Waals surface area contributed by atoms with Gasteiger partial charge >= 0.3 is 0 Å². The van der Waals surface area contributed by atoms with Crippen LogP contribution in [0.4, 0.5) is 5.69 Å². The summed E-state index contributed by atoms with van der Waals surface area (Å²) in [6.45, 7) is 0. The van der Waals surface area contributed by atoms with Crippen LogP contribution in [0.2, 0.25) is 5.02 Å². The molecule has 0 bridgehead atoms. The highest BCUT2D eigenvalue weighted by molar-refractivity contribution is 14.1. The first-order valence-electron chi connectivity index (χ1n) is 10.6. The number of ether oxygens (including phenoxy) is 1. The molecule has 1 aliphatic carbocycles. The van der Waals surface area contributed by atoms with Gasteiger partial charge < -0.3 is 4.74 Å². The number of carbonyl (C=O) groups excluding carboxylic acids is 4. The van der Waals surface area contributed by atoms with E-state index in [0.717, 1.165) is 4.90 Å². The van der Waals surface area contributed by atoms with E-state index < -0.39 is 46.9 Å². The van der Waals surface area contributed by atoms with Crippen molar-refractivity contribution in [1.82, 2.24) is 0 Å². The molecule has 3 aliphatic rings. The first-order valence-corrected chi connectivity index (χ1v) is 12.1. The molecule has 2 amide bonds. The smallest absolute Gasteiger partial charge is 0.241 e. The van der Waals surface area contributed by atoms with E-state index in [0.29, 0.717) is 19.8 Å². The standard InChI is InChI=1S/C26H15ClINO5/c27-14-7-5-6-13(12-14)21-19-20(25(33)29(24(19)32)18-11-4-3-10-17(18)28)26(34-21)22(30)15-8-1-2-9-16(15)23(26)31/h1-12,19-21H/t19-,20+,21+/m0/s1. The average molecular weight is 584 g/mol. The van der Waals surface area contributed by atoms with Gasteiger partial charge in [0.25, 0.3) is 0 Å². The zero-order valence-corrected chi connectivity index (χ0v) is 20.3. The van der Waals surface area contributed by atoms with Gasteiger partial charge in [-0.1, -0.05) is 60.1 Å². The van der Waals surface area contributed by atoms with Crippen molar-refractivity contribution in [2.45, 2.75) is 11.7 Å². The first-order chi connectivity index (χ1) is 16.4. The average Bonchev–Trinajstić information content (AvgIpc) is 3.40. The molecule has 2 saturated heterocycles. The molecule has 8 heteroatoms. The Morgan fingerprint density at radius 2 is 1.47 bits per heavy atom. The van der Waals surface area contributed by atoms with Gasteiger partial charge in [0, 0.05) is 19.7 Å². The Kier molecular flexibility index (Phi) is 4.81. The number of imide groups is 1. The lowest BCUT2D eigenvalue weighted by atomic mass is 9.77. The van der Waals surface area contributed by atoms with Crippen molar-refractivity contribution < 1.29 is 23.9 Å². The summed E-state index contributed by atoms with van der Waals surface area (Å²) >= 11 is 8.26. The predicted octanol–water partition coefficient (Wildman–Crippen LogP) is 4.64. The number of carbonyl (C=O) groups is 4. The van der Waals surface area contributed by atoms with Crippen LogP contribution in [-0.2, 0) is 14.3 Å². The molecule has 0 unspecified atom stereocenters. The number of para-hydroxylation sites is 1. The highest BCUT2D eigenvalue weighted by atomic mass is 127. The van der Waals surface area contributed by atoms with Crippen LogP contribution >= 0.6 is 34.2 Å². The van der Waals surface area contributed by atoms with E-state index in [1.807, 2.05) is 0 Å². The molecular weight excluding hydrogens is 569 g/mol. The molecule has 168 valence electrons. The summed E-state index contributed by atoms with van der Waals surface area (Å²) < 4.78 is 6.95. The molecule has 3 atom stereocenters. The quantitative estimate of drug-likeness (QED) is 0.250. The summed E-state index contributed by atoms with van der Waals surface area (Å²) in [4.78, 5) is 56.2. The first kappa shape index (κ1) is 21.6. The molecule has 2 heterocycles. The minimum Gasteiger partial charge on any atom is -0.349 e. The van der Waals surface area contributed by atoms with Crippen LogP contribution in [0.5, 0.6) is 0 Å². The van der Waals surface area contributed by atoms with E-state index in [4.69, 9.17) is 16.3 Å². The van der Waals surface area contributed by atoms with Crippen LogP contribution in [0.15, 0.2) is 72.8 Å².